The quantitative estimate of drug-likeness (QED) is 0.307. The molecule has 0 spiro atoms. The van der Waals surface area contributed by atoms with Crippen LogP contribution < -0.4 is 15.2 Å². The Balaban J connectivity index is 1.42. The van der Waals surface area contributed by atoms with E-state index >= 15 is 0 Å². The summed E-state index contributed by atoms with van der Waals surface area (Å²) in [6, 6.07) is 16.1. The second kappa shape index (κ2) is 9.00. The van der Waals surface area contributed by atoms with Gasteiger partial charge in [0.2, 0.25) is 5.82 Å². The lowest BCUT2D eigenvalue weighted by atomic mass is 10.2. The van der Waals surface area contributed by atoms with E-state index in [2.05, 4.69) is 10.1 Å². The predicted molar refractivity (Wildman–Crippen MR) is 110 cm³/mol. The summed E-state index contributed by atoms with van der Waals surface area (Å²) in [5.41, 5.74) is 5.58. The maximum absolute atomic E-state index is 11.1. The number of nitrogens with zero attached hydrogens (tertiary/aromatic N) is 3. The number of carbonyl (C=O) groups is 1. The third kappa shape index (κ3) is 4.73. The van der Waals surface area contributed by atoms with Crippen molar-refractivity contribution in [1.82, 2.24) is 10.1 Å². The van der Waals surface area contributed by atoms with Crippen LogP contribution in [0.1, 0.15) is 5.76 Å². The van der Waals surface area contributed by atoms with E-state index in [1.165, 1.54) is 12.1 Å². The highest BCUT2D eigenvalue weighted by Gasteiger charge is 2.17. The molecular formula is C21H16N4O7. The summed E-state index contributed by atoms with van der Waals surface area (Å²) in [5.74, 6) is 1.29. The fourth-order valence-corrected chi connectivity index (χ4v) is 2.74. The molecule has 0 radical (unpaired) electrons. The summed E-state index contributed by atoms with van der Waals surface area (Å²) in [6.07, 6.45) is 0. The minimum Gasteiger partial charge on any atom is -0.484 e. The number of ether oxygens (including phenoxy) is 2. The number of benzene rings is 2. The van der Waals surface area contributed by atoms with Crippen molar-refractivity contribution in [2.75, 3.05) is 6.61 Å². The molecule has 2 aromatic carbocycles. The smallest absolute Gasteiger partial charge is 0.310 e. The number of rotatable bonds is 9. The molecule has 0 atom stereocenters. The van der Waals surface area contributed by atoms with Gasteiger partial charge >= 0.3 is 5.69 Å². The minimum atomic E-state index is -0.568. The first-order valence-corrected chi connectivity index (χ1v) is 9.30. The zero-order chi connectivity index (χ0) is 22.5. The SMILES string of the molecule is NC(=O)COc1ccc(-c2noc(-c3ccc(COc4ccccc4[N+](=O)[O-])o3)n2)cc1. The summed E-state index contributed by atoms with van der Waals surface area (Å²) in [4.78, 5) is 25.6. The molecule has 0 saturated heterocycles. The number of furan rings is 1. The van der Waals surface area contributed by atoms with Gasteiger partial charge in [-0.2, -0.15) is 4.98 Å². The number of nitro groups is 1. The Labute approximate surface area is 180 Å². The van der Waals surface area contributed by atoms with Crippen LogP contribution in [0.3, 0.4) is 0 Å². The average Bonchev–Trinajstić information content (AvgIpc) is 3.46. The molecule has 11 nitrogen and oxygen atoms in total. The molecule has 162 valence electrons. The van der Waals surface area contributed by atoms with E-state index in [0.29, 0.717) is 28.7 Å². The van der Waals surface area contributed by atoms with Crippen molar-refractivity contribution in [3.63, 3.8) is 0 Å². The third-order valence-electron chi connectivity index (χ3n) is 4.22. The van der Waals surface area contributed by atoms with E-state index in [4.69, 9.17) is 24.1 Å². The van der Waals surface area contributed by atoms with Crippen LogP contribution in [0.15, 0.2) is 69.6 Å². The molecule has 2 heterocycles. The highest BCUT2D eigenvalue weighted by Crippen LogP contribution is 2.28. The summed E-state index contributed by atoms with van der Waals surface area (Å²) in [6.45, 7) is -0.230. The molecule has 2 aromatic heterocycles. The highest BCUT2D eigenvalue weighted by atomic mass is 16.6. The molecule has 4 rings (SSSR count). The van der Waals surface area contributed by atoms with Gasteiger partial charge in [0.1, 0.15) is 18.1 Å². The topological polar surface area (TPSA) is 157 Å². The molecular weight excluding hydrogens is 420 g/mol. The maximum Gasteiger partial charge on any atom is 0.310 e. The minimum absolute atomic E-state index is 0.0153. The summed E-state index contributed by atoms with van der Waals surface area (Å²) < 4.78 is 21.6. The van der Waals surface area contributed by atoms with Crippen molar-refractivity contribution in [3.05, 3.63) is 76.5 Å². The number of primary amides is 1. The van der Waals surface area contributed by atoms with E-state index in [1.807, 2.05) is 0 Å². The van der Waals surface area contributed by atoms with Crippen LogP contribution in [0.5, 0.6) is 11.5 Å². The van der Waals surface area contributed by atoms with Gasteiger partial charge in [0.05, 0.1) is 4.92 Å². The number of hydrogen-bond acceptors (Lipinski definition) is 9. The van der Waals surface area contributed by atoms with Gasteiger partial charge in [-0.3, -0.25) is 14.9 Å². The van der Waals surface area contributed by atoms with Crippen LogP contribution in [-0.2, 0) is 11.4 Å². The molecule has 32 heavy (non-hydrogen) atoms. The number of nitro benzene ring substituents is 1. The Morgan fingerprint density at radius 3 is 2.59 bits per heavy atom. The van der Waals surface area contributed by atoms with Crippen LogP contribution in [0.25, 0.3) is 23.0 Å². The van der Waals surface area contributed by atoms with Crippen molar-refractivity contribution in [2.24, 2.45) is 5.73 Å². The number of carbonyl (C=O) groups excluding carboxylic acids is 1. The van der Waals surface area contributed by atoms with Gasteiger partial charge in [-0.05, 0) is 42.5 Å². The Hall–Kier alpha value is -4.67. The zero-order valence-electron chi connectivity index (χ0n) is 16.5. The van der Waals surface area contributed by atoms with Gasteiger partial charge in [-0.25, -0.2) is 0 Å². The first kappa shape index (κ1) is 20.6. The van der Waals surface area contributed by atoms with Crippen LogP contribution >= 0.6 is 0 Å². The first-order valence-electron chi connectivity index (χ1n) is 9.30. The van der Waals surface area contributed by atoms with E-state index in [0.717, 1.165) is 0 Å². The van der Waals surface area contributed by atoms with Crippen LogP contribution in [0, 0.1) is 10.1 Å². The van der Waals surface area contributed by atoms with Gasteiger partial charge in [0.25, 0.3) is 11.8 Å². The zero-order valence-corrected chi connectivity index (χ0v) is 16.5. The van der Waals surface area contributed by atoms with Crippen molar-refractivity contribution in [2.45, 2.75) is 6.61 Å². The Kier molecular flexibility index (Phi) is 5.79. The molecule has 11 heteroatoms. The van der Waals surface area contributed by atoms with Gasteiger partial charge in [-0.15, -0.1) is 0 Å². The lowest BCUT2D eigenvalue weighted by Gasteiger charge is -2.04. The van der Waals surface area contributed by atoms with E-state index in [1.54, 1.807) is 48.5 Å². The normalized spacial score (nSPS) is 10.6. The third-order valence-corrected chi connectivity index (χ3v) is 4.22. The number of para-hydroxylation sites is 2. The molecule has 0 fully saturated rings. The summed E-state index contributed by atoms with van der Waals surface area (Å²) in [5, 5.41) is 15.0. The summed E-state index contributed by atoms with van der Waals surface area (Å²) in [7, 11) is 0. The average molecular weight is 436 g/mol. The number of aromatic nitrogens is 2. The first-order chi connectivity index (χ1) is 15.5. The molecule has 0 aliphatic rings. The van der Waals surface area contributed by atoms with Crippen molar-refractivity contribution < 1.29 is 28.1 Å². The van der Waals surface area contributed by atoms with Crippen molar-refractivity contribution in [1.29, 1.82) is 0 Å². The van der Waals surface area contributed by atoms with Crippen molar-refractivity contribution in [3.8, 4) is 34.5 Å². The van der Waals surface area contributed by atoms with Gasteiger partial charge in [0, 0.05) is 11.6 Å². The standard InChI is InChI=1S/C21H16N4O7/c22-19(26)12-29-14-7-5-13(6-8-14)20-23-21(32-24-20)18-10-9-15(31-18)11-30-17-4-2-1-3-16(17)25(27)28/h1-10H,11-12H2,(H2,22,26). The van der Waals surface area contributed by atoms with Gasteiger partial charge < -0.3 is 24.1 Å². The lowest BCUT2D eigenvalue weighted by Crippen LogP contribution is -2.19. The molecule has 0 aliphatic carbocycles. The van der Waals surface area contributed by atoms with Crippen molar-refractivity contribution >= 4 is 11.6 Å². The fraction of sp³-hybridized carbons (Fsp3) is 0.0952. The molecule has 0 unspecified atom stereocenters. The number of amides is 1. The fourth-order valence-electron chi connectivity index (χ4n) is 2.74. The van der Waals surface area contributed by atoms with E-state index in [-0.39, 0.29) is 30.5 Å². The van der Waals surface area contributed by atoms with E-state index < -0.39 is 10.8 Å². The molecule has 4 aromatic rings. The Bertz CT molecular complexity index is 1250. The predicted octanol–water partition coefficient (Wildman–Crippen LogP) is 3.35. The monoisotopic (exact) mass is 436 g/mol. The van der Waals surface area contributed by atoms with Crippen LogP contribution in [-0.4, -0.2) is 27.6 Å². The Morgan fingerprint density at radius 2 is 1.84 bits per heavy atom. The number of nitrogens with two attached hydrogens (primary N) is 1. The van der Waals surface area contributed by atoms with E-state index in [9.17, 15) is 14.9 Å². The summed E-state index contributed by atoms with van der Waals surface area (Å²) >= 11 is 0. The van der Waals surface area contributed by atoms with Crippen LogP contribution in [0.4, 0.5) is 5.69 Å². The molecule has 0 aliphatic heterocycles. The lowest BCUT2D eigenvalue weighted by molar-refractivity contribution is -0.386. The second-order valence-corrected chi connectivity index (χ2v) is 6.48. The second-order valence-electron chi connectivity index (χ2n) is 6.48. The molecule has 1 amide bonds. The Morgan fingerprint density at radius 1 is 1.06 bits per heavy atom. The number of hydrogen-bond donors (Lipinski definition) is 1. The maximum atomic E-state index is 11.1. The van der Waals surface area contributed by atoms with Gasteiger partial charge in [0.15, 0.2) is 18.1 Å². The van der Waals surface area contributed by atoms with Crippen LogP contribution in [0.2, 0.25) is 0 Å². The van der Waals surface area contributed by atoms with Gasteiger partial charge in [-0.1, -0.05) is 17.3 Å². The molecule has 0 bridgehead atoms. The molecule has 2 N–H and O–H groups in total. The molecule has 0 saturated carbocycles. The highest BCUT2D eigenvalue weighted by molar-refractivity contribution is 5.75. The largest absolute Gasteiger partial charge is 0.484 e.